The van der Waals surface area contributed by atoms with E-state index in [1.807, 2.05) is 26.8 Å². The first-order valence-corrected chi connectivity index (χ1v) is 12.9. The fourth-order valence-corrected chi connectivity index (χ4v) is 5.74. The third-order valence-corrected chi connectivity index (χ3v) is 7.78. The predicted octanol–water partition coefficient (Wildman–Crippen LogP) is 5.17. The molecule has 0 aliphatic heterocycles. The van der Waals surface area contributed by atoms with Crippen LogP contribution in [0.15, 0.2) is 18.5 Å². The molecule has 1 aliphatic rings. The third-order valence-electron chi connectivity index (χ3n) is 7.56. The maximum absolute atomic E-state index is 13.4. The zero-order chi connectivity index (χ0) is 25.3. The molecule has 1 aromatic carbocycles. The number of hydrogen-bond donors (Lipinski definition) is 2. The van der Waals surface area contributed by atoms with Crippen molar-refractivity contribution in [1.29, 1.82) is 0 Å². The summed E-state index contributed by atoms with van der Waals surface area (Å²) in [6.07, 6.45) is 6.33. The number of H-pyrrole nitrogens is 1. The zero-order valence-electron chi connectivity index (χ0n) is 21.7. The summed E-state index contributed by atoms with van der Waals surface area (Å²) in [4.78, 5) is 30.4. The molecule has 2 aromatic heterocycles. The average molecular weight is 497 g/mol. The van der Waals surface area contributed by atoms with E-state index in [0.29, 0.717) is 29.2 Å². The van der Waals surface area contributed by atoms with Gasteiger partial charge in [0.15, 0.2) is 0 Å². The molecular weight excluding hydrogens is 460 g/mol. The Kier molecular flexibility index (Phi) is 7.67. The average Bonchev–Trinajstić information content (AvgIpc) is 3.32. The standard InChI is InChI=1S/C27H37ClN6O/c1-7-34(21-10-8-20(9-11-21)33(5)6)24-13-19(28)12-22(16(24)2)27(35)29-14-23-17(3)32-18(4)25-26(23)31-15-30-25/h12-13,15,20-21H,7-11,14H2,1-6H3,(H,29,35)(H,30,31). The Balaban J connectivity index is 1.56. The van der Waals surface area contributed by atoms with Gasteiger partial charge in [-0.1, -0.05) is 11.6 Å². The molecule has 1 saturated carbocycles. The lowest BCUT2D eigenvalue weighted by molar-refractivity contribution is 0.0950. The van der Waals surface area contributed by atoms with Crippen molar-refractivity contribution in [2.24, 2.45) is 0 Å². The van der Waals surface area contributed by atoms with E-state index in [4.69, 9.17) is 11.6 Å². The first kappa shape index (κ1) is 25.5. The Morgan fingerprint density at radius 1 is 1.11 bits per heavy atom. The number of fused-ring (bicyclic) bond motifs is 1. The van der Waals surface area contributed by atoms with Gasteiger partial charge < -0.3 is 20.1 Å². The van der Waals surface area contributed by atoms with E-state index in [9.17, 15) is 4.79 Å². The van der Waals surface area contributed by atoms with Crippen LogP contribution in [0.1, 0.15) is 65.5 Å². The molecule has 0 atom stereocenters. The molecule has 188 valence electrons. The van der Waals surface area contributed by atoms with Crippen LogP contribution in [-0.4, -0.2) is 58.5 Å². The van der Waals surface area contributed by atoms with Gasteiger partial charge in [0.2, 0.25) is 0 Å². The van der Waals surface area contributed by atoms with E-state index < -0.39 is 0 Å². The van der Waals surface area contributed by atoms with Gasteiger partial charge in [-0.05, 0) is 85.2 Å². The van der Waals surface area contributed by atoms with Gasteiger partial charge in [-0.25, -0.2) is 4.98 Å². The van der Waals surface area contributed by atoms with E-state index in [1.54, 1.807) is 12.4 Å². The number of nitrogens with zero attached hydrogens (tertiary/aromatic N) is 4. The smallest absolute Gasteiger partial charge is 0.251 e. The van der Waals surface area contributed by atoms with Gasteiger partial charge in [-0.15, -0.1) is 0 Å². The van der Waals surface area contributed by atoms with Crippen molar-refractivity contribution in [3.05, 3.63) is 51.6 Å². The van der Waals surface area contributed by atoms with Crippen LogP contribution in [-0.2, 0) is 6.54 Å². The predicted molar refractivity (Wildman–Crippen MR) is 143 cm³/mol. The Morgan fingerprint density at radius 2 is 1.80 bits per heavy atom. The van der Waals surface area contributed by atoms with Crippen LogP contribution < -0.4 is 10.2 Å². The highest BCUT2D eigenvalue weighted by Crippen LogP contribution is 2.34. The van der Waals surface area contributed by atoms with Gasteiger partial charge in [-0.2, -0.15) is 0 Å². The monoisotopic (exact) mass is 496 g/mol. The van der Waals surface area contributed by atoms with Crippen molar-refractivity contribution < 1.29 is 4.79 Å². The number of aryl methyl sites for hydroxylation is 2. The minimum Gasteiger partial charge on any atom is -0.369 e. The molecule has 7 nitrogen and oxygen atoms in total. The topological polar surface area (TPSA) is 77.1 Å². The van der Waals surface area contributed by atoms with Crippen LogP contribution in [0.3, 0.4) is 0 Å². The van der Waals surface area contributed by atoms with Gasteiger partial charge in [0.1, 0.15) is 0 Å². The molecule has 0 bridgehead atoms. The molecule has 8 heteroatoms. The highest BCUT2D eigenvalue weighted by molar-refractivity contribution is 6.31. The Morgan fingerprint density at radius 3 is 2.46 bits per heavy atom. The third kappa shape index (κ3) is 5.16. The van der Waals surface area contributed by atoms with Crippen molar-refractivity contribution in [1.82, 2.24) is 25.2 Å². The number of anilines is 1. The number of benzene rings is 1. The minimum absolute atomic E-state index is 0.137. The molecule has 2 N–H and O–H groups in total. The molecular formula is C27H37ClN6O. The summed E-state index contributed by atoms with van der Waals surface area (Å²) in [5.74, 6) is -0.137. The summed E-state index contributed by atoms with van der Waals surface area (Å²) < 4.78 is 0. The number of pyridine rings is 1. The summed E-state index contributed by atoms with van der Waals surface area (Å²) in [5, 5.41) is 3.67. The highest BCUT2D eigenvalue weighted by atomic mass is 35.5. The lowest BCUT2D eigenvalue weighted by atomic mass is 9.89. The van der Waals surface area contributed by atoms with Gasteiger partial charge in [-0.3, -0.25) is 9.78 Å². The van der Waals surface area contributed by atoms with Gasteiger partial charge in [0.25, 0.3) is 5.91 Å². The second kappa shape index (κ2) is 10.5. The number of nitrogens with one attached hydrogen (secondary N) is 2. The van der Waals surface area contributed by atoms with Gasteiger partial charge in [0, 0.05) is 52.7 Å². The molecule has 0 saturated heterocycles. The van der Waals surface area contributed by atoms with E-state index in [-0.39, 0.29) is 5.91 Å². The lowest BCUT2D eigenvalue weighted by Gasteiger charge is -2.40. The Labute approximate surface area is 213 Å². The number of imidazole rings is 1. The molecule has 1 aliphatic carbocycles. The van der Waals surface area contributed by atoms with Crippen LogP contribution in [0.25, 0.3) is 11.0 Å². The first-order valence-electron chi connectivity index (χ1n) is 12.5. The van der Waals surface area contributed by atoms with Gasteiger partial charge >= 0.3 is 0 Å². The quantitative estimate of drug-likeness (QED) is 0.472. The molecule has 1 amide bonds. The summed E-state index contributed by atoms with van der Waals surface area (Å²) in [5.41, 5.74) is 7.09. The van der Waals surface area contributed by atoms with Crippen LogP contribution >= 0.6 is 11.6 Å². The van der Waals surface area contributed by atoms with Crippen LogP contribution in [0.2, 0.25) is 5.02 Å². The van der Waals surface area contributed by atoms with Crippen LogP contribution in [0.5, 0.6) is 0 Å². The fourth-order valence-electron chi connectivity index (χ4n) is 5.53. The molecule has 0 unspecified atom stereocenters. The lowest BCUT2D eigenvalue weighted by Crippen LogP contribution is -2.42. The number of rotatable bonds is 7. The summed E-state index contributed by atoms with van der Waals surface area (Å²) in [7, 11) is 4.33. The molecule has 0 spiro atoms. The largest absolute Gasteiger partial charge is 0.369 e. The second-order valence-electron chi connectivity index (χ2n) is 9.88. The summed E-state index contributed by atoms with van der Waals surface area (Å²) in [6.45, 7) is 9.35. The number of halogens is 1. The number of hydrogen-bond acceptors (Lipinski definition) is 5. The van der Waals surface area contributed by atoms with E-state index in [0.717, 1.165) is 58.6 Å². The molecule has 3 aromatic rings. The van der Waals surface area contributed by atoms with E-state index >= 15 is 0 Å². The maximum Gasteiger partial charge on any atom is 0.251 e. The summed E-state index contributed by atoms with van der Waals surface area (Å²) >= 11 is 6.56. The molecule has 1 fully saturated rings. The SMILES string of the molecule is CCN(c1cc(Cl)cc(C(=O)NCc2c(C)nc(C)c3[nH]cnc23)c1C)C1CCC(N(C)C)CC1. The molecule has 0 radical (unpaired) electrons. The number of carbonyl (C=O) groups is 1. The van der Waals surface area contributed by atoms with Crippen molar-refractivity contribution in [3.8, 4) is 0 Å². The maximum atomic E-state index is 13.4. The second-order valence-corrected chi connectivity index (χ2v) is 10.3. The fraction of sp³-hybridized carbons (Fsp3) is 0.519. The van der Waals surface area contributed by atoms with E-state index in [2.05, 4.69) is 51.1 Å². The Bertz CT molecular complexity index is 1210. The Hall–Kier alpha value is -2.64. The molecule has 35 heavy (non-hydrogen) atoms. The zero-order valence-corrected chi connectivity index (χ0v) is 22.5. The van der Waals surface area contributed by atoms with Crippen LogP contribution in [0, 0.1) is 20.8 Å². The minimum atomic E-state index is -0.137. The van der Waals surface area contributed by atoms with E-state index in [1.165, 1.54) is 12.8 Å². The number of amides is 1. The number of aromatic nitrogens is 3. The highest BCUT2D eigenvalue weighted by Gasteiger charge is 2.28. The molecule has 4 rings (SSSR count). The van der Waals surface area contributed by atoms with Crippen molar-refractivity contribution in [2.75, 3.05) is 25.5 Å². The van der Waals surface area contributed by atoms with Crippen LogP contribution in [0.4, 0.5) is 5.69 Å². The normalized spacial score (nSPS) is 18.3. The summed E-state index contributed by atoms with van der Waals surface area (Å²) in [6, 6.07) is 4.89. The van der Waals surface area contributed by atoms with Crippen molar-refractivity contribution >= 4 is 34.2 Å². The number of aromatic amines is 1. The van der Waals surface area contributed by atoms with Gasteiger partial charge in [0.05, 0.1) is 23.1 Å². The van der Waals surface area contributed by atoms with Crippen molar-refractivity contribution in [3.63, 3.8) is 0 Å². The first-order chi connectivity index (χ1) is 16.7. The van der Waals surface area contributed by atoms with Crippen molar-refractivity contribution in [2.45, 2.75) is 72.0 Å². The number of carbonyl (C=O) groups excluding carboxylic acids is 1. The molecule has 2 heterocycles.